The third-order valence-electron chi connectivity index (χ3n) is 4.80. The van der Waals surface area contributed by atoms with E-state index in [9.17, 15) is 25.2 Å². The fourth-order valence-electron chi connectivity index (χ4n) is 3.23. The summed E-state index contributed by atoms with van der Waals surface area (Å²) in [7, 11) is 3.10. The van der Waals surface area contributed by atoms with E-state index < -0.39 is 18.1 Å². The molecule has 0 saturated carbocycles. The van der Waals surface area contributed by atoms with Gasteiger partial charge < -0.3 is 35.8 Å². The van der Waals surface area contributed by atoms with Gasteiger partial charge >= 0.3 is 6.10 Å². The average molecular weight is 530 g/mol. The predicted molar refractivity (Wildman–Crippen MR) is 131 cm³/mol. The highest BCUT2D eigenvalue weighted by Crippen LogP contribution is 2.40. The second kappa shape index (κ2) is 10.4. The molecular weight excluding hydrogens is 506 g/mol. The van der Waals surface area contributed by atoms with E-state index in [0.29, 0.717) is 32.7 Å². The number of ether oxygens (including phenoxy) is 1. The smallest absolute Gasteiger partial charge is 0.369 e. The van der Waals surface area contributed by atoms with Crippen molar-refractivity contribution in [2.24, 2.45) is 7.05 Å². The van der Waals surface area contributed by atoms with Crippen molar-refractivity contribution in [1.29, 1.82) is 0 Å². The van der Waals surface area contributed by atoms with Crippen LogP contribution in [0, 0.1) is 0 Å². The molecule has 0 bridgehead atoms. The van der Waals surface area contributed by atoms with E-state index in [1.54, 1.807) is 43.7 Å². The maximum Gasteiger partial charge on any atom is 0.369 e. The number of benzene rings is 1. The number of aliphatic hydroxyl groups is 4. The molecule has 1 aromatic carbocycles. The summed E-state index contributed by atoms with van der Waals surface area (Å²) in [6, 6.07) is 6.62. The Labute approximate surface area is 213 Å². The number of aliphatic hydroxyl groups excluding tert-OH is 1. The van der Waals surface area contributed by atoms with Crippen molar-refractivity contribution in [3.05, 3.63) is 47.2 Å². The van der Waals surface area contributed by atoms with E-state index in [4.69, 9.17) is 4.74 Å². The normalized spacial score (nSPS) is 12.2. The number of carbonyl (C=O) groups is 1. The summed E-state index contributed by atoms with van der Waals surface area (Å²) < 4.78 is 5.63. The van der Waals surface area contributed by atoms with Gasteiger partial charge in [0.2, 0.25) is 0 Å². The monoisotopic (exact) mass is 529 g/mol. The number of thiazole rings is 1. The zero-order valence-electron chi connectivity index (χ0n) is 19.7. The van der Waals surface area contributed by atoms with Gasteiger partial charge in [0, 0.05) is 19.3 Å². The Morgan fingerprint density at radius 3 is 2.54 bits per heavy atom. The number of hydrogen-bond donors (Lipinski definition) is 7. The van der Waals surface area contributed by atoms with Crippen LogP contribution in [0.1, 0.15) is 28.4 Å². The van der Waals surface area contributed by atoms with Crippen molar-refractivity contribution in [3.8, 4) is 16.3 Å². The first-order valence-corrected chi connectivity index (χ1v) is 11.4. The van der Waals surface area contributed by atoms with Crippen LogP contribution in [0.25, 0.3) is 10.6 Å². The maximum absolute atomic E-state index is 12.6. The van der Waals surface area contributed by atoms with Crippen LogP contribution in [-0.2, 0) is 7.05 Å². The number of nitrogens with zero attached hydrogens (tertiary/aromatic N) is 6. The third kappa shape index (κ3) is 6.13. The molecule has 3 heterocycles. The quantitative estimate of drug-likeness (QED) is 0.148. The fourth-order valence-corrected chi connectivity index (χ4v) is 4.11. The summed E-state index contributed by atoms with van der Waals surface area (Å²) in [4.78, 5) is 19.0. The maximum atomic E-state index is 12.6. The zero-order chi connectivity index (χ0) is 26.7. The highest BCUT2D eigenvalue weighted by atomic mass is 32.1. The topological polar surface area (TPSA) is 213 Å². The van der Waals surface area contributed by atoms with E-state index in [1.165, 1.54) is 35.5 Å². The SMILES string of the molecule is COc1c(Nc2cc(Nc3cnn(C)n3)nnc2C(=O)NC(O)(O)O)cccc1-c1ncc(C(C)O)s1. The first-order valence-electron chi connectivity index (χ1n) is 10.6. The van der Waals surface area contributed by atoms with Gasteiger partial charge in [0.1, 0.15) is 5.01 Å². The lowest BCUT2D eigenvalue weighted by atomic mass is 10.1. The minimum Gasteiger partial charge on any atom is -0.494 e. The Morgan fingerprint density at radius 1 is 1.14 bits per heavy atom. The standard InChI is InChI=1S/C21H23N9O6S/c1-10(31)14-8-22-20(37-14)11-5-4-6-12(18(11)36-3)24-13-7-15(25-16-9-23-30(2)29-16)27-28-17(13)19(32)26-21(33,34)35/h4-10,31,33-35H,1-3H3,(H,26,32)(H2,24,25,27,29). The summed E-state index contributed by atoms with van der Waals surface area (Å²) >= 11 is 1.30. The lowest BCUT2D eigenvalue weighted by Gasteiger charge is -2.18. The number of anilines is 4. The van der Waals surface area contributed by atoms with Crippen LogP contribution < -0.4 is 20.7 Å². The molecule has 1 amide bonds. The fraction of sp³-hybridized carbons (Fsp3) is 0.238. The number of rotatable bonds is 9. The highest BCUT2D eigenvalue weighted by molar-refractivity contribution is 7.15. The van der Waals surface area contributed by atoms with Gasteiger partial charge in [-0.3, -0.25) is 10.1 Å². The Kier molecular flexibility index (Phi) is 7.28. The van der Waals surface area contributed by atoms with Gasteiger partial charge in [-0.15, -0.1) is 26.6 Å². The van der Waals surface area contributed by atoms with Crippen molar-refractivity contribution in [1.82, 2.24) is 35.5 Å². The molecule has 15 nitrogen and oxygen atoms in total. The lowest BCUT2D eigenvalue weighted by molar-refractivity contribution is -0.323. The molecule has 0 saturated heterocycles. The second-order valence-electron chi connectivity index (χ2n) is 7.68. The molecule has 194 valence electrons. The van der Waals surface area contributed by atoms with Crippen LogP contribution >= 0.6 is 11.3 Å². The molecule has 7 N–H and O–H groups in total. The number of aryl methyl sites for hydroxylation is 1. The van der Waals surface area contributed by atoms with Crippen molar-refractivity contribution >= 4 is 40.3 Å². The number of methoxy groups -OCH3 is 1. The van der Waals surface area contributed by atoms with Crippen LogP contribution in [0.4, 0.5) is 23.0 Å². The molecule has 0 radical (unpaired) electrons. The molecule has 0 aliphatic carbocycles. The second-order valence-corrected chi connectivity index (χ2v) is 8.74. The third-order valence-corrected chi connectivity index (χ3v) is 6.00. The van der Waals surface area contributed by atoms with Crippen LogP contribution in [0.3, 0.4) is 0 Å². The molecule has 4 aromatic rings. The van der Waals surface area contributed by atoms with Crippen molar-refractivity contribution in [2.75, 3.05) is 17.7 Å². The van der Waals surface area contributed by atoms with Crippen molar-refractivity contribution < 1.29 is 30.0 Å². The summed E-state index contributed by atoms with van der Waals surface area (Å²) in [5, 5.41) is 61.4. The molecule has 1 unspecified atom stereocenters. The molecule has 0 spiro atoms. The first kappa shape index (κ1) is 25.9. The van der Waals surface area contributed by atoms with E-state index in [1.807, 2.05) is 0 Å². The van der Waals surface area contributed by atoms with Gasteiger partial charge in [0.25, 0.3) is 5.91 Å². The predicted octanol–water partition coefficient (Wildman–Crippen LogP) is 0.596. The Morgan fingerprint density at radius 2 is 1.92 bits per heavy atom. The van der Waals surface area contributed by atoms with Crippen molar-refractivity contribution in [3.63, 3.8) is 0 Å². The summed E-state index contributed by atoms with van der Waals surface area (Å²) in [5.41, 5.74) is 0.728. The number of amides is 1. The number of aromatic nitrogens is 6. The van der Waals surface area contributed by atoms with Crippen LogP contribution in [0.2, 0.25) is 0 Å². The van der Waals surface area contributed by atoms with E-state index in [0.717, 1.165) is 0 Å². The minimum absolute atomic E-state index is 0.0717. The molecule has 0 aliphatic heterocycles. The summed E-state index contributed by atoms with van der Waals surface area (Å²) in [5.74, 6) is -0.219. The van der Waals surface area contributed by atoms with E-state index in [2.05, 4.69) is 36.0 Å². The number of hydrogen-bond acceptors (Lipinski definition) is 14. The largest absolute Gasteiger partial charge is 0.494 e. The molecule has 4 rings (SSSR count). The zero-order valence-corrected chi connectivity index (χ0v) is 20.6. The number of para-hydroxylation sites is 1. The average Bonchev–Trinajstić information content (AvgIpc) is 3.47. The Bertz CT molecular complexity index is 1420. The minimum atomic E-state index is -3.48. The Hall–Kier alpha value is -4.22. The number of nitrogens with one attached hydrogen (secondary N) is 3. The van der Waals surface area contributed by atoms with Gasteiger partial charge in [-0.05, 0) is 19.1 Å². The molecule has 0 fully saturated rings. The van der Waals surface area contributed by atoms with Crippen LogP contribution in [-0.4, -0.2) is 69.7 Å². The van der Waals surface area contributed by atoms with Crippen molar-refractivity contribution in [2.45, 2.75) is 19.1 Å². The lowest BCUT2D eigenvalue weighted by Crippen LogP contribution is -2.48. The summed E-state index contributed by atoms with van der Waals surface area (Å²) in [6.07, 6.45) is -1.13. The van der Waals surface area contributed by atoms with E-state index >= 15 is 0 Å². The molecule has 16 heteroatoms. The van der Waals surface area contributed by atoms with Gasteiger partial charge in [-0.1, -0.05) is 6.07 Å². The Balaban J connectivity index is 1.74. The highest BCUT2D eigenvalue weighted by Gasteiger charge is 2.26. The van der Waals surface area contributed by atoms with Gasteiger partial charge in [0.05, 0.1) is 41.2 Å². The molecular formula is C21H23N9O6S. The van der Waals surface area contributed by atoms with Crippen LogP contribution in [0.5, 0.6) is 5.75 Å². The molecule has 0 aliphatic rings. The first-order chi connectivity index (χ1) is 17.5. The molecule has 3 aromatic heterocycles. The number of carbonyl (C=O) groups excluding carboxylic acids is 1. The van der Waals surface area contributed by atoms with Gasteiger partial charge in [0.15, 0.2) is 23.1 Å². The van der Waals surface area contributed by atoms with Crippen LogP contribution in [0.15, 0.2) is 36.7 Å². The molecule has 37 heavy (non-hydrogen) atoms. The molecule has 1 atom stereocenters. The van der Waals surface area contributed by atoms with E-state index in [-0.39, 0.29) is 17.2 Å². The van der Waals surface area contributed by atoms with Gasteiger partial charge in [-0.2, -0.15) is 9.90 Å². The summed E-state index contributed by atoms with van der Waals surface area (Å²) in [6.45, 7) is 1.64. The van der Waals surface area contributed by atoms with Gasteiger partial charge in [-0.25, -0.2) is 4.98 Å².